The van der Waals surface area contributed by atoms with Crippen LogP contribution in [-0.4, -0.2) is 36.6 Å². The number of hydrogen-bond donors (Lipinski definition) is 2. The fourth-order valence-corrected chi connectivity index (χ4v) is 3.14. The Balaban J connectivity index is 2.05. The van der Waals surface area contributed by atoms with Crippen molar-refractivity contribution in [3.05, 3.63) is 11.1 Å². The molecule has 0 bridgehead atoms. The second-order valence-electron chi connectivity index (χ2n) is 4.89. The molecule has 5 nitrogen and oxygen atoms in total. The van der Waals surface area contributed by atoms with E-state index >= 15 is 0 Å². The van der Waals surface area contributed by atoms with Crippen LogP contribution in [0, 0.1) is 0 Å². The molecule has 2 heterocycles. The molecular formula is C13H22N4OS. The summed E-state index contributed by atoms with van der Waals surface area (Å²) in [6.07, 6.45) is 1.12. The SMILES string of the molecule is CCCNC(C)c1csc(N2CCNC(=O)C2C)n1. The van der Waals surface area contributed by atoms with Gasteiger partial charge in [-0.25, -0.2) is 4.98 Å². The van der Waals surface area contributed by atoms with Crippen molar-refractivity contribution in [3.63, 3.8) is 0 Å². The predicted octanol–water partition coefficient (Wildman–Crippen LogP) is 1.53. The number of hydrogen-bond acceptors (Lipinski definition) is 5. The number of aromatic nitrogens is 1. The van der Waals surface area contributed by atoms with E-state index in [1.807, 2.05) is 6.92 Å². The van der Waals surface area contributed by atoms with Gasteiger partial charge >= 0.3 is 0 Å². The van der Waals surface area contributed by atoms with Crippen LogP contribution in [-0.2, 0) is 4.79 Å². The second kappa shape index (κ2) is 6.34. The molecule has 1 saturated heterocycles. The number of nitrogens with one attached hydrogen (secondary N) is 2. The average molecular weight is 282 g/mol. The Kier molecular flexibility index (Phi) is 4.76. The lowest BCUT2D eigenvalue weighted by Gasteiger charge is -2.32. The van der Waals surface area contributed by atoms with Crippen molar-refractivity contribution in [2.75, 3.05) is 24.5 Å². The molecule has 2 unspecified atom stereocenters. The molecule has 1 aromatic rings. The van der Waals surface area contributed by atoms with E-state index in [4.69, 9.17) is 0 Å². The molecule has 1 aromatic heterocycles. The van der Waals surface area contributed by atoms with Gasteiger partial charge in [-0.3, -0.25) is 4.79 Å². The molecule has 0 radical (unpaired) electrons. The van der Waals surface area contributed by atoms with Gasteiger partial charge in [-0.2, -0.15) is 0 Å². The third-order valence-corrected chi connectivity index (χ3v) is 4.29. The van der Waals surface area contributed by atoms with Crippen molar-refractivity contribution in [2.45, 2.75) is 39.3 Å². The molecule has 6 heteroatoms. The number of piperazine rings is 1. The van der Waals surface area contributed by atoms with Gasteiger partial charge in [0.15, 0.2) is 5.13 Å². The fourth-order valence-electron chi connectivity index (χ4n) is 2.12. The number of anilines is 1. The van der Waals surface area contributed by atoms with Gasteiger partial charge in [-0.1, -0.05) is 6.92 Å². The fraction of sp³-hybridized carbons (Fsp3) is 0.692. The Bertz CT molecular complexity index is 434. The summed E-state index contributed by atoms with van der Waals surface area (Å²) in [5.74, 6) is 0.0835. The minimum absolute atomic E-state index is 0.0835. The van der Waals surface area contributed by atoms with Gasteiger partial charge in [0.2, 0.25) is 5.91 Å². The maximum Gasteiger partial charge on any atom is 0.242 e. The Morgan fingerprint density at radius 1 is 1.68 bits per heavy atom. The van der Waals surface area contributed by atoms with Crippen LogP contribution in [0.15, 0.2) is 5.38 Å². The molecule has 1 amide bonds. The maximum atomic E-state index is 11.7. The third kappa shape index (κ3) is 3.25. The Morgan fingerprint density at radius 2 is 2.47 bits per heavy atom. The molecular weight excluding hydrogens is 260 g/mol. The summed E-state index contributed by atoms with van der Waals surface area (Å²) in [6.45, 7) is 8.73. The van der Waals surface area contributed by atoms with Crippen molar-refractivity contribution in [1.82, 2.24) is 15.6 Å². The highest BCUT2D eigenvalue weighted by Crippen LogP contribution is 2.26. The van der Waals surface area contributed by atoms with Crippen LogP contribution in [0.2, 0.25) is 0 Å². The van der Waals surface area contributed by atoms with Crippen molar-refractivity contribution in [3.8, 4) is 0 Å². The van der Waals surface area contributed by atoms with E-state index in [0.29, 0.717) is 6.54 Å². The summed E-state index contributed by atoms with van der Waals surface area (Å²) in [5.41, 5.74) is 1.06. The summed E-state index contributed by atoms with van der Waals surface area (Å²) >= 11 is 1.62. The van der Waals surface area contributed by atoms with Crippen molar-refractivity contribution in [1.29, 1.82) is 0 Å². The quantitative estimate of drug-likeness (QED) is 0.860. The molecule has 1 fully saturated rings. The molecule has 19 heavy (non-hydrogen) atoms. The van der Waals surface area contributed by atoms with Crippen LogP contribution in [0.4, 0.5) is 5.13 Å². The van der Waals surface area contributed by atoms with E-state index in [0.717, 1.165) is 30.3 Å². The lowest BCUT2D eigenvalue weighted by Crippen LogP contribution is -2.54. The smallest absolute Gasteiger partial charge is 0.242 e. The number of carbonyl (C=O) groups excluding carboxylic acids is 1. The van der Waals surface area contributed by atoms with Gasteiger partial charge in [0.25, 0.3) is 0 Å². The Morgan fingerprint density at radius 3 is 3.21 bits per heavy atom. The first-order valence-electron chi connectivity index (χ1n) is 6.86. The first kappa shape index (κ1) is 14.3. The highest BCUT2D eigenvalue weighted by molar-refractivity contribution is 7.13. The summed E-state index contributed by atoms with van der Waals surface area (Å²) < 4.78 is 0. The zero-order valence-corrected chi connectivity index (χ0v) is 12.6. The summed E-state index contributed by atoms with van der Waals surface area (Å²) in [6, 6.07) is 0.130. The van der Waals surface area contributed by atoms with Crippen LogP contribution in [0.5, 0.6) is 0 Å². The van der Waals surface area contributed by atoms with E-state index in [9.17, 15) is 4.79 Å². The first-order chi connectivity index (χ1) is 9.13. The van der Waals surface area contributed by atoms with Crippen LogP contribution < -0.4 is 15.5 Å². The zero-order chi connectivity index (χ0) is 13.8. The van der Waals surface area contributed by atoms with E-state index < -0.39 is 0 Å². The van der Waals surface area contributed by atoms with E-state index in [1.54, 1.807) is 11.3 Å². The average Bonchev–Trinajstić information content (AvgIpc) is 2.88. The van der Waals surface area contributed by atoms with Crippen LogP contribution in [0.25, 0.3) is 0 Å². The molecule has 106 valence electrons. The van der Waals surface area contributed by atoms with E-state index in [-0.39, 0.29) is 18.0 Å². The number of thiazole rings is 1. The Labute approximate surface area is 118 Å². The van der Waals surface area contributed by atoms with Gasteiger partial charge in [0.05, 0.1) is 5.69 Å². The predicted molar refractivity (Wildman–Crippen MR) is 78.6 cm³/mol. The van der Waals surface area contributed by atoms with Gasteiger partial charge in [-0.05, 0) is 26.8 Å². The maximum absolute atomic E-state index is 11.7. The molecule has 0 aromatic carbocycles. The van der Waals surface area contributed by atoms with Gasteiger partial charge in [0.1, 0.15) is 6.04 Å². The van der Waals surface area contributed by atoms with Crippen molar-refractivity contribution >= 4 is 22.4 Å². The minimum Gasteiger partial charge on any atom is -0.353 e. The standard InChI is InChI=1S/C13H22N4OS/c1-4-5-14-9(2)11-8-19-13(16-11)17-7-6-15-12(18)10(17)3/h8-10,14H,4-7H2,1-3H3,(H,15,18). The molecule has 0 spiro atoms. The van der Waals surface area contributed by atoms with Gasteiger partial charge < -0.3 is 15.5 Å². The van der Waals surface area contributed by atoms with Crippen LogP contribution >= 0.6 is 11.3 Å². The summed E-state index contributed by atoms with van der Waals surface area (Å²) in [4.78, 5) is 18.4. The Hall–Kier alpha value is -1.14. The molecule has 1 aliphatic rings. The van der Waals surface area contributed by atoms with Crippen molar-refractivity contribution in [2.24, 2.45) is 0 Å². The topological polar surface area (TPSA) is 57.3 Å². The highest BCUT2D eigenvalue weighted by atomic mass is 32.1. The highest BCUT2D eigenvalue weighted by Gasteiger charge is 2.27. The lowest BCUT2D eigenvalue weighted by molar-refractivity contribution is -0.122. The summed E-state index contributed by atoms with van der Waals surface area (Å²) in [7, 11) is 0. The zero-order valence-electron chi connectivity index (χ0n) is 11.8. The number of nitrogens with zero attached hydrogens (tertiary/aromatic N) is 2. The van der Waals surface area contributed by atoms with E-state index in [1.165, 1.54) is 0 Å². The van der Waals surface area contributed by atoms with Crippen LogP contribution in [0.1, 0.15) is 38.9 Å². The molecule has 2 N–H and O–H groups in total. The van der Waals surface area contributed by atoms with Crippen LogP contribution in [0.3, 0.4) is 0 Å². The number of amides is 1. The molecule has 2 atom stereocenters. The number of rotatable bonds is 5. The molecule has 0 aliphatic carbocycles. The number of carbonyl (C=O) groups is 1. The third-order valence-electron chi connectivity index (χ3n) is 3.40. The minimum atomic E-state index is -0.133. The lowest BCUT2D eigenvalue weighted by atomic mass is 10.2. The van der Waals surface area contributed by atoms with Crippen molar-refractivity contribution < 1.29 is 4.79 Å². The first-order valence-corrected chi connectivity index (χ1v) is 7.74. The summed E-state index contributed by atoms with van der Waals surface area (Å²) in [5, 5.41) is 9.34. The molecule has 0 saturated carbocycles. The molecule has 1 aliphatic heterocycles. The van der Waals surface area contributed by atoms with Gasteiger partial charge in [-0.15, -0.1) is 11.3 Å². The second-order valence-corrected chi connectivity index (χ2v) is 5.73. The van der Waals surface area contributed by atoms with Gasteiger partial charge in [0, 0.05) is 24.5 Å². The largest absolute Gasteiger partial charge is 0.353 e. The van der Waals surface area contributed by atoms with E-state index in [2.05, 4.69) is 39.7 Å². The monoisotopic (exact) mass is 282 g/mol. The normalized spacial score (nSPS) is 21.3. The molecule has 2 rings (SSSR count).